The Balaban J connectivity index is 2.62. The molecule has 0 aromatic rings. The summed E-state index contributed by atoms with van der Waals surface area (Å²) in [6, 6.07) is 0. The van der Waals surface area contributed by atoms with Gasteiger partial charge < -0.3 is 9.47 Å². The van der Waals surface area contributed by atoms with Gasteiger partial charge in [-0.15, -0.1) is 5.54 Å². The predicted molar refractivity (Wildman–Crippen MR) is 51.7 cm³/mol. The van der Waals surface area contributed by atoms with Crippen molar-refractivity contribution in [2.75, 3.05) is 20.3 Å². The second kappa shape index (κ2) is 3.21. The van der Waals surface area contributed by atoms with Gasteiger partial charge in [-0.1, -0.05) is 25.6 Å². The van der Waals surface area contributed by atoms with E-state index in [0.29, 0.717) is 13.2 Å². The van der Waals surface area contributed by atoms with Gasteiger partial charge in [0.15, 0.2) is 5.60 Å². The van der Waals surface area contributed by atoms with Gasteiger partial charge in [-0.25, -0.2) is 0 Å². The van der Waals surface area contributed by atoms with Gasteiger partial charge in [0, 0.05) is 7.11 Å². The van der Waals surface area contributed by atoms with Gasteiger partial charge >= 0.3 is 0 Å². The highest BCUT2D eigenvalue weighted by atomic mass is 28.3. The van der Waals surface area contributed by atoms with Crippen molar-refractivity contribution in [3.05, 3.63) is 0 Å². The Labute approximate surface area is 75.3 Å². The minimum absolute atomic E-state index is 0.278. The van der Waals surface area contributed by atoms with Crippen LogP contribution in [-0.4, -0.2) is 34.0 Å². The van der Waals surface area contributed by atoms with Crippen molar-refractivity contribution in [2.45, 2.75) is 25.2 Å². The first-order valence-electron chi connectivity index (χ1n) is 4.15. The number of ether oxygens (including phenoxy) is 2. The molecule has 1 aliphatic heterocycles. The molecule has 0 aliphatic carbocycles. The van der Waals surface area contributed by atoms with Crippen LogP contribution in [0.2, 0.25) is 19.6 Å². The largest absolute Gasteiger partial charge is 0.373 e. The zero-order chi connectivity index (χ0) is 9.24. The Bertz CT molecular complexity index is 209. The van der Waals surface area contributed by atoms with Crippen molar-refractivity contribution >= 4 is 8.07 Å². The highest BCUT2D eigenvalue weighted by Crippen LogP contribution is 2.19. The van der Waals surface area contributed by atoms with Crippen LogP contribution in [0.1, 0.15) is 0 Å². The molecule has 3 heteroatoms. The van der Waals surface area contributed by atoms with E-state index in [0.717, 1.165) is 0 Å². The van der Waals surface area contributed by atoms with E-state index in [1.807, 2.05) is 0 Å². The molecule has 1 rings (SSSR count). The van der Waals surface area contributed by atoms with Crippen LogP contribution in [-0.2, 0) is 9.47 Å². The SMILES string of the molecule is COC1(C#C[Si](C)(C)C)COC1. The predicted octanol–water partition coefficient (Wildman–Crippen LogP) is 1.28. The Morgan fingerprint density at radius 1 is 1.33 bits per heavy atom. The monoisotopic (exact) mass is 184 g/mol. The topological polar surface area (TPSA) is 18.5 Å². The van der Waals surface area contributed by atoms with Crippen LogP contribution in [0.4, 0.5) is 0 Å². The molecule has 0 spiro atoms. The maximum Gasteiger partial charge on any atom is 0.173 e. The van der Waals surface area contributed by atoms with E-state index in [-0.39, 0.29) is 5.60 Å². The number of hydrogen-bond donors (Lipinski definition) is 0. The summed E-state index contributed by atoms with van der Waals surface area (Å²) >= 11 is 0. The molecule has 1 fully saturated rings. The molecule has 0 atom stereocenters. The third kappa shape index (κ3) is 2.34. The first kappa shape index (κ1) is 9.78. The zero-order valence-electron chi connectivity index (χ0n) is 8.23. The van der Waals surface area contributed by atoms with Crippen molar-refractivity contribution < 1.29 is 9.47 Å². The summed E-state index contributed by atoms with van der Waals surface area (Å²) < 4.78 is 10.4. The summed E-state index contributed by atoms with van der Waals surface area (Å²) in [6.45, 7) is 7.93. The molecule has 0 aromatic heterocycles. The van der Waals surface area contributed by atoms with E-state index in [4.69, 9.17) is 9.47 Å². The lowest BCUT2D eigenvalue weighted by atomic mass is 10.0. The average Bonchev–Trinajstić information content (AvgIpc) is 1.84. The molecular formula is C9H16O2Si. The molecule has 0 bridgehead atoms. The van der Waals surface area contributed by atoms with Gasteiger partial charge in [-0.05, 0) is 0 Å². The molecule has 68 valence electrons. The Hall–Kier alpha value is -0.303. The Kier molecular flexibility index (Phi) is 2.62. The lowest BCUT2D eigenvalue weighted by molar-refractivity contribution is -0.159. The quantitative estimate of drug-likeness (QED) is 0.451. The molecule has 1 saturated heterocycles. The highest BCUT2D eigenvalue weighted by molar-refractivity contribution is 6.83. The van der Waals surface area contributed by atoms with Gasteiger partial charge in [-0.3, -0.25) is 0 Å². The molecule has 1 heterocycles. The average molecular weight is 184 g/mol. The molecule has 0 N–H and O–H groups in total. The van der Waals surface area contributed by atoms with Crippen LogP contribution in [0.25, 0.3) is 0 Å². The molecular weight excluding hydrogens is 168 g/mol. The van der Waals surface area contributed by atoms with Gasteiger partial charge in [-0.2, -0.15) is 0 Å². The highest BCUT2D eigenvalue weighted by Gasteiger charge is 2.37. The fraction of sp³-hybridized carbons (Fsp3) is 0.778. The molecule has 0 saturated carbocycles. The van der Waals surface area contributed by atoms with Crippen LogP contribution >= 0.6 is 0 Å². The van der Waals surface area contributed by atoms with E-state index in [9.17, 15) is 0 Å². The molecule has 0 aromatic carbocycles. The summed E-state index contributed by atoms with van der Waals surface area (Å²) in [5.74, 6) is 3.19. The van der Waals surface area contributed by atoms with Crippen LogP contribution in [0.3, 0.4) is 0 Å². The minimum Gasteiger partial charge on any atom is -0.373 e. The maximum absolute atomic E-state index is 5.29. The van der Waals surface area contributed by atoms with E-state index in [2.05, 4.69) is 31.1 Å². The summed E-state index contributed by atoms with van der Waals surface area (Å²) in [7, 11) is 0.434. The van der Waals surface area contributed by atoms with Gasteiger partial charge in [0.05, 0.1) is 13.2 Å². The molecule has 0 radical (unpaired) electrons. The second-order valence-corrected chi connectivity index (χ2v) is 8.94. The number of rotatable bonds is 1. The fourth-order valence-corrected chi connectivity index (χ4v) is 1.43. The normalized spacial score (nSPS) is 20.7. The third-order valence-electron chi connectivity index (χ3n) is 1.73. The minimum atomic E-state index is -1.26. The van der Waals surface area contributed by atoms with Crippen LogP contribution < -0.4 is 0 Å². The lowest BCUT2D eigenvalue weighted by Gasteiger charge is -2.35. The summed E-state index contributed by atoms with van der Waals surface area (Å²) in [5, 5.41) is 0. The molecule has 2 nitrogen and oxygen atoms in total. The van der Waals surface area contributed by atoms with Gasteiger partial charge in [0.2, 0.25) is 0 Å². The van der Waals surface area contributed by atoms with Gasteiger partial charge in [0.1, 0.15) is 8.07 Å². The first-order chi connectivity index (χ1) is 5.47. The standard InChI is InChI=1S/C9H16O2Si/c1-10-9(7-11-8-9)5-6-12(2,3)4/h7-8H2,1-4H3. The molecule has 1 aliphatic rings. The molecule has 12 heavy (non-hydrogen) atoms. The third-order valence-corrected chi connectivity index (χ3v) is 2.60. The summed E-state index contributed by atoms with van der Waals surface area (Å²) in [4.78, 5) is 0. The smallest absolute Gasteiger partial charge is 0.173 e. The van der Waals surface area contributed by atoms with Crippen LogP contribution in [0, 0.1) is 11.5 Å². The van der Waals surface area contributed by atoms with Crippen molar-refractivity contribution in [1.29, 1.82) is 0 Å². The first-order valence-corrected chi connectivity index (χ1v) is 7.65. The van der Waals surface area contributed by atoms with Crippen LogP contribution in [0.5, 0.6) is 0 Å². The number of methoxy groups -OCH3 is 1. The Morgan fingerprint density at radius 2 is 1.92 bits per heavy atom. The van der Waals surface area contributed by atoms with E-state index in [1.165, 1.54) is 0 Å². The van der Waals surface area contributed by atoms with E-state index in [1.54, 1.807) is 7.11 Å². The summed E-state index contributed by atoms with van der Waals surface area (Å²) in [5.41, 5.74) is 3.02. The molecule has 0 amide bonds. The van der Waals surface area contributed by atoms with Crippen molar-refractivity contribution in [2.24, 2.45) is 0 Å². The van der Waals surface area contributed by atoms with E-state index >= 15 is 0 Å². The zero-order valence-corrected chi connectivity index (χ0v) is 9.23. The van der Waals surface area contributed by atoms with E-state index < -0.39 is 8.07 Å². The number of hydrogen-bond acceptors (Lipinski definition) is 2. The van der Waals surface area contributed by atoms with Crippen LogP contribution in [0.15, 0.2) is 0 Å². The van der Waals surface area contributed by atoms with Crippen molar-refractivity contribution in [1.82, 2.24) is 0 Å². The van der Waals surface area contributed by atoms with Gasteiger partial charge in [0.25, 0.3) is 0 Å². The second-order valence-electron chi connectivity index (χ2n) is 4.19. The maximum atomic E-state index is 5.29. The molecule has 0 unspecified atom stereocenters. The Morgan fingerprint density at radius 3 is 2.17 bits per heavy atom. The van der Waals surface area contributed by atoms with Crippen molar-refractivity contribution in [3.8, 4) is 11.5 Å². The summed E-state index contributed by atoms with van der Waals surface area (Å²) in [6.07, 6.45) is 0. The van der Waals surface area contributed by atoms with Crippen molar-refractivity contribution in [3.63, 3.8) is 0 Å². The lowest BCUT2D eigenvalue weighted by Crippen LogP contribution is -2.50. The fourth-order valence-electron chi connectivity index (χ4n) is 0.830.